The fourth-order valence-corrected chi connectivity index (χ4v) is 1.11. The Bertz CT molecular complexity index is 172. The first-order valence-corrected chi connectivity index (χ1v) is 6.04. The molecule has 0 fully saturated rings. The molecule has 0 bridgehead atoms. The Morgan fingerprint density at radius 1 is 1.27 bits per heavy atom. The lowest BCUT2D eigenvalue weighted by atomic mass is 10.3. The number of rotatable bonds is 2. The van der Waals surface area contributed by atoms with Crippen molar-refractivity contribution in [3.8, 4) is 0 Å². The third-order valence-electron chi connectivity index (χ3n) is 1.03. The van der Waals surface area contributed by atoms with Crippen LogP contribution in [0.1, 0.15) is 6.92 Å². The van der Waals surface area contributed by atoms with Crippen LogP contribution in [0.2, 0.25) is 0 Å². The van der Waals surface area contributed by atoms with Crippen molar-refractivity contribution < 1.29 is 15.3 Å². The fourth-order valence-electron chi connectivity index (χ4n) is 0.337. The molecule has 0 aromatic carbocycles. The van der Waals surface area contributed by atoms with E-state index in [1.54, 1.807) is 0 Å². The normalized spacial score (nSPS) is 14.2. The summed E-state index contributed by atoms with van der Waals surface area (Å²) in [4.78, 5) is 0. The molecule has 1 atom stereocenters. The van der Waals surface area contributed by atoms with E-state index in [-0.39, 0.29) is 9.68 Å². The maximum atomic E-state index is 9.18. The van der Waals surface area contributed by atoms with Crippen LogP contribution in [0, 0.1) is 0 Å². The smallest absolute Gasteiger partial charge is 0.316 e. The minimum absolute atomic E-state index is 0.0931. The number of hydrogen-bond acceptors (Lipinski definition) is 3. The van der Waals surface area contributed by atoms with E-state index in [1.165, 1.54) is 0 Å². The second-order valence-corrected chi connectivity index (χ2v) is 9.25. The van der Waals surface area contributed by atoms with Gasteiger partial charge in [-0.15, -0.1) is 0 Å². The highest BCUT2D eigenvalue weighted by Gasteiger charge is 2.36. The van der Waals surface area contributed by atoms with E-state index >= 15 is 0 Å². The third-order valence-corrected chi connectivity index (χ3v) is 7.24. The fraction of sp³-hybridized carbons (Fsp3) is 0.600. The molecule has 0 aromatic rings. The third kappa shape index (κ3) is 3.28. The minimum atomic E-state index is -1.00. The number of halogens is 3. The predicted molar refractivity (Wildman–Crippen MR) is 69.2 cm³/mol. The molecular formula is C5H7I3O3. The monoisotopic (exact) mass is 496 g/mol. The summed E-state index contributed by atoms with van der Waals surface area (Å²) in [5.74, 6) is -1.39. The predicted octanol–water partition coefficient (Wildman–Crippen LogP) is 3.22. The lowest BCUT2D eigenvalue weighted by molar-refractivity contribution is 0.155. The van der Waals surface area contributed by atoms with E-state index < -0.39 is 7.37 Å². The van der Waals surface area contributed by atoms with E-state index in [4.69, 9.17) is 10.2 Å². The van der Waals surface area contributed by atoms with Crippen molar-refractivity contribution in [1.82, 2.24) is 0 Å². The van der Waals surface area contributed by atoms with Crippen LogP contribution in [0.5, 0.6) is 0 Å². The van der Waals surface area contributed by atoms with Gasteiger partial charge in [-0.25, -0.2) is 0 Å². The number of alkyl halides is 3. The van der Waals surface area contributed by atoms with Gasteiger partial charge >= 0.3 is 5.95 Å². The Kier molecular flexibility index (Phi) is 5.08. The summed E-state index contributed by atoms with van der Waals surface area (Å²) >= 11 is 6.02. The molecule has 6 heteroatoms. The van der Waals surface area contributed by atoms with Gasteiger partial charge in [-0.2, -0.15) is 0 Å². The summed E-state index contributed by atoms with van der Waals surface area (Å²) in [5.41, 5.74) is 0. The number of aliphatic hydroxyl groups is 3. The molecular weight excluding hydrogens is 489 g/mol. The van der Waals surface area contributed by atoms with Crippen molar-refractivity contribution in [2.75, 3.05) is 0 Å². The average molecular weight is 496 g/mol. The molecule has 3 N–H and O–H groups in total. The van der Waals surface area contributed by atoms with Crippen LogP contribution in [0.15, 0.2) is 11.7 Å². The van der Waals surface area contributed by atoms with Gasteiger partial charge in [0.25, 0.3) is 0 Å². The summed E-state index contributed by atoms with van der Waals surface area (Å²) in [6.45, 7) is 1.87. The summed E-state index contributed by atoms with van der Waals surface area (Å²) in [6, 6.07) is 0. The lowest BCUT2D eigenvalue weighted by Gasteiger charge is -2.21. The van der Waals surface area contributed by atoms with Crippen LogP contribution in [0.25, 0.3) is 0 Å². The number of allylic oxidation sites excluding steroid dienone is 1. The molecule has 0 aliphatic carbocycles. The van der Waals surface area contributed by atoms with Gasteiger partial charge < -0.3 is 15.3 Å². The quantitative estimate of drug-likeness (QED) is 0.313. The van der Waals surface area contributed by atoms with E-state index in [1.807, 2.05) is 52.1 Å². The van der Waals surface area contributed by atoms with E-state index in [0.29, 0.717) is 0 Å². The van der Waals surface area contributed by atoms with Crippen LogP contribution >= 0.6 is 67.8 Å². The molecule has 3 nitrogen and oxygen atoms in total. The van der Waals surface area contributed by atoms with Gasteiger partial charge in [0.2, 0.25) is 5.76 Å². The Morgan fingerprint density at radius 3 is 1.73 bits per heavy atom. The molecule has 0 radical (unpaired) electrons. The zero-order valence-corrected chi connectivity index (χ0v) is 12.0. The van der Waals surface area contributed by atoms with Gasteiger partial charge in [0.1, 0.15) is 1.43 Å². The number of hydrogen-bond donors (Lipinski definition) is 3. The highest BCUT2D eigenvalue weighted by molar-refractivity contribution is 14.2. The second kappa shape index (κ2) is 4.53. The maximum absolute atomic E-state index is 9.18. The Morgan fingerprint density at radius 2 is 1.64 bits per heavy atom. The Hall–Kier alpha value is 1.33. The molecule has 0 aliphatic heterocycles. The van der Waals surface area contributed by atoms with Crippen molar-refractivity contribution in [3.63, 3.8) is 0 Å². The molecule has 0 rings (SSSR count). The van der Waals surface area contributed by atoms with E-state index in [2.05, 4.69) is 22.6 Å². The van der Waals surface area contributed by atoms with Gasteiger partial charge in [0.15, 0.2) is 0 Å². The van der Waals surface area contributed by atoms with Crippen molar-refractivity contribution >= 4 is 67.8 Å². The molecule has 66 valence electrons. The van der Waals surface area contributed by atoms with Crippen molar-refractivity contribution in [1.29, 1.82) is 0 Å². The summed E-state index contributed by atoms with van der Waals surface area (Å²) in [7, 11) is 0. The lowest BCUT2D eigenvalue weighted by Crippen LogP contribution is -2.25. The highest BCUT2D eigenvalue weighted by Crippen LogP contribution is 2.41. The first-order chi connectivity index (χ1) is 4.80. The number of aliphatic hydroxyl groups excluding tert-OH is 2. The summed E-state index contributed by atoms with van der Waals surface area (Å²) < 4.78 is -0.565. The standard InChI is InChI=1S/C5H7I3O3/c1-2(6)5(7,8)3(9)4(10)11/h2,9-11H,1H3. The first-order valence-electron chi connectivity index (χ1n) is 2.63. The first kappa shape index (κ1) is 12.3. The second-order valence-electron chi connectivity index (χ2n) is 1.91. The molecule has 0 aromatic heterocycles. The molecule has 11 heavy (non-hydrogen) atoms. The van der Waals surface area contributed by atoms with Gasteiger partial charge in [-0.1, -0.05) is 74.7 Å². The van der Waals surface area contributed by atoms with Crippen molar-refractivity contribution in [3.05, 3.63) is 11.7 Å². The van der Waals surface area contributed by atoms with Crippen LogP contribution in [-0.4, -0.2) is 20.7 Å². The topological polar surface area (TPSA) is 60.7 Å². The van der Waals surface area contributed by atoms with Gasteiger partial charge in [-0.05, 0) is 0 Å². The zero-order chi connectivity index (χ0) is 9.23. The van der Waals surface area contributed by atoms with Crippen LogP contribution < -0.4 is 0 Å². The SMILES string of the molecule is CC(I)C(I)(I)C(O)=C(O)O. The zero-order valence-electron chi connectivity index (χ0n) is 5.55. The van der Waals surface area contributed by atoms with Gasteiger partial charge in [0.05, 0.1) is 0 Å². The Balaban J connectivity index is 4.70. The van der Waals surface area contributed by atoms with Crippen LogP contribution in [-0.2, 0) is 0 Å². The molecule has 0 aliphatic rings. The highest BCUT2D eigenvalue weighted by atomic mass is 127. The van der Waals surface area contributed by atoms with E-state index in [9.17, 15) is 5.11 Å². The minimum Gasteiger partial charge on any atom is -0.504 e. The molecule has 0 heterocycles. The van der Waals surface area contributed by atoms with Crippen LogP contribution in [0.3, 0.4) is 0 Å². The molecule has 0 spiro atoms. The molecule has 0 saturated heterocycles. The van der Waals surface area contributed by atoms with Crippen molar-refractivity contribution in [2.45, 2.75) is 12.3 Å². The van der Waals surface area contributed by atoms with Gasteiger partial charge in [-0.3, -0.25) is 0 Å². The van der Waals surface area contributed by atoms with Crippen LogP contribution in [0.4, 0.5) is 0 Å². The summed E-state index contributed by atoms with van der Waals surface area (Å²) in [6.07, 6.45) is 0. The molecule has 0 saturated carbocycles. The molecule has 0 amide bonds. The Labute approximate surface area is 106 Å². The average Bonchev–Trinajstić information content (AvgIpc) is 1.85. The maximum Gasteiger partial charge on any atom is 0.316 e. The largest absolute Gasteiger partial charge is 0.504 e. The summed E-state index contributed by atoms with van der Waals surface area (Å²) in [5, 5.41) is 26.3. The van der Waals surface area contributed by atoms with Gasteiger partial charge in [0, 0.05) is 3.92 Å². The molecule has 1 unspecified atom stereocenters. The van der Waals surface area contributed by atoms with Crippen molar-refractivity contribution in [2.24, 2.45) is 0 Å². The van der Waals surface area contributed by atoms with E-state index in [0.717, 1.165) is 0 Å².